The van der Waals surface area contributed by atoms with Gasteiger partial charge in [0.2, 0.25) is 0 Å². The summed E-state index contributed by atoms with van der Waals surface area (Å²) < 4.78 is 21.3. The molecule has 0 aromatic heterocycles. The summed E-state index contributed by atoms with van der Waals surface area (Å²) in [5.41, 5.74) is -0.0860. The highest BCUT2D eigenvalue weighted by Crippen LogP contribution is 2.05. The third-order valence-corrected chi connectivity index (χ3v) is 1.71. The molecule has 0 heterocycles. The fraction of sp³-hybridized carbons (Fsp3) is 1.00. The van der Waals surface area contributed by atoms with Crippen molar-refractivity contribution >= 4 is 0 Å². The van der Waals surface area contributed by atoms with Crippen LogP contribution in [0.15, 0.2) is 0 Å². The Labute approximate surface area is 99.2 Å². The van der Waals surface area contributed by atoms with Crippen LogP contribution in [0.2, 0.25) is 0 Å². The van der Waals surface area contributed by atoms with Crippen LogP contribution in [0, 0.1) is 0 Å². The summed E-state index contributed by atoms with van der Waals surface area (Å²) in [6.07, 6.45) is 0. The van der Waals surface area contributed by atoms with Crippen molar-refractivity contribution in [3.05, 3.63) is 0 Å². The van der Waals surface area contributed by atoms with E-state index in [4.69, 9.17) is 18.9 Å². The Morgan fingerprint density at radius 2 is 1.12 bits per heavy atom. The van der Waals surface area contributed by atoms with Crippen LogP contribution < -0.4 is 0 Å². The molecule has 16 heavy (non-hydrogen) atoms. The molecule has 0 N–H and O–H groups in total. The molecule has 0 unspecified atom stereocenters. The molecule has 0 saturated carbocycles. The first-order valence-corrected chi connectivity index (χ1v) is 5.93. The lowest BCUT2D eigenvalue weighted by atomic mass is 10.2. The maximum absolute atomic E-state index is 5.50. The summed E-state index contributed by atoms with van der Waals surface area (Å²) in [6, 6.07) is 0. The van der Waals surface area contributed by atoms with Gasteiger partial charge in [0.15, 0.2) is 0 Å². The SMILES string of the molecule is CCOCCOCCOCCOC(C)(C)C. The average Bonchev–Trinajstić information content (AvgIpc) is 2.19. The maximum Gasteiger partial charge on any atom is 0.0707 e. The van der Waals surface area contributed by atoms with Gasteiger partial charge in [-0.2, -0.15) is 0 Å². The van der Waals surface area contributed by atoms with Crippen LogP contribution in [0.5, 0.6) is 0 Å². The minimum absolute atomic E-state index is 0.0860. The van der Waals surface area contributed by atoms with Gasteiger partial charge in [-0.1, -0.05) is 0 Å². The third-order valence-electron chi connectivity index (χ3n) is 1.71. The van der Waals surface area contributed by atoms with Crippen molar-refractivity contribution in [2.24, 2.45) is 0 Å². The van der Waals surface area contributed by atoms with Crippen LogP contribution in [0.25, 0.3) is 0 Å². The quantitative estimate of drug-likeness (QED) is 0.541. The molecule has 0 aliphatic carbocycles. The lowest BCUT2D eigenvalue weighted by Gasteiger charge is -2.19. The van der Waals surface area contributed by atoms with E-state index in [1.165, 1.54) is 0 Å². The van der Waals surface area contributed by atoms with E-state index >= 15 is 0 Å². The van der Waals surface area contributed by atoms with Crippen molar-refractivity contribution in [3.63, 3.8) is 0 Å². The van der Waals surface area contributed by atoms with E-state index in [1.807, 2.05) is 27.7 Å². The van der Waals surface area contributed by atoms with Crippen LogP contribution in [0.4, 0.5) is 0 Å². The highest BCUT2D eigenvalue weighted by molar-refractivity contribution is 4.57. The molecule has 0 aliphatic rings. The summed E-state index contributed by atoms with van der Waals surface area (Å²) in [6.45, 7) is 12.6. The fourth-order valence-corrected chi connectivity index (χ4v) is 0.991. The molecule has 0 radical (unpaired) electrons. The molecule has 98 valence electrons. The number of rotatable bonds is 10. The van der Waals surface area contributed by atoms with Gasteiger partial charge >= 0.3 is 0 Å². The van der Waals surface area contributed by atoms with Crippen molar-refractivity contribution in [2.45, 2.75) is 33.3 Å². The van der Waals surface area contributed by atoms with Gasteiger partial charge < -0.3 is 18.9 Å². The first-order chi connectivity index (χ1) is 7.56. The van der Waals surface area contributed by atoms with Gasteiger partial charge in [0.25, 0.3) is 0 Å². The van der Waals surface area contributed by atoms with E-state index in [1.54, 1.807) is 0 Å². The Balaban J connectivity index is 2.99. The predicted molar refractivity (Wildman–Crippen MR) is 63.8 cm³/mol. The lowest BCUT2D eigenvalue weighted by molar-refractivity contribution is -0.0448. The fourth-order valence-electron chi connectivity index (χ4n) is 0.991. The zero-order valence-corrected chi connectivity index (χ0v) is 11.1. The molecule has 0 aromatic rings. The smallest absolute Gasteiger partial charge is 0.0707 e. The predicted octanol–water partition coefficient (Wildman–Crippen LogP) is 1.87. The zero-order chi connectivity index (χ0) is 12.3. The molecule has 0 saturated heterocycles. The Morgan fingerprint density at radius 1 is 0.688 bits per heavy atom. The van der Waals surface area contributed by atoms with E-state index in [2.05, 4.69) is 0 Å². The highest BCUT2D eigenvalue weighted by Gasteiger charge is 2.08. The monoisotopic (exact) mass is 234 g/mol. The van der Waals surface area contributed by atoms with E-state index in [-0.39, 0.29) is 5.60 Å². The number of ether oxygens (including phenoxy) is 4. The minimum atomic E-state index is -0.0860. The minimum Gasteiger partial charge on any atom is -0.379 e. The van der Waals surface area contributed by atoms with Crippen molar-refractivity contribution in [1.29, 1.82) is 0 Å². The molecule has 0 aliphatic heterocycles. The molecule has 0 amide bonds. The summed E-state index contributed by atoms with van der Waals surface area (Å²) in [5, 5.41) is 0. The standard InChI is InChI=1S/C12H26O4/c1-5-13-6-7-14-8-9-15-10-11-16-12(2,3)4/h5-11H2,1-4H3. The molecule has 0 atom stereocenters. The molecule has 0 bridgehead atoms. The second-order valence-electron chi connectivity index (χ2n) is 4.38. The lowest BCUT2D eigenvalue weighted by Crippen LogP contribution is -2.22. The van der Waals surface area contributed by atoms with Crippen LogP contribution in [0.3, 0.4) is 0 Å². The highest BCUT2D eigenvalue weighted by atomic mass is 16.6. The van der Waals surface area contributed by atoms with Crippen LogP contribution in [-0.2, 0) is 18.9 Å². The van der Waals surface area contributed by atoms with Crippen LogP contribution >= 0.6 is 0 Å². The maximum atomic E-state index is 5.50. The van der Waals surface area contributed by atoms with Gasteiger partial charge in [-0.25, -0.2) is 0 Å². The van der Waals surface area contributed by atoms with Crippen molar-refractivity contribution in [3.8, 4) is 0 Å². The van der Waals surface area contributed by atoms with Crippen molar-refractivity contribution in [1.82, 2.24) is 0 Å². The molecular weight excluding hydrogens is 208 g/mol. The normalized spacial score (nSPS) is 12.0. The van der Waals surface area contributed by atoms with Gasteiger partial charge in [0.1, 0.15) is 0 Å². The van der Waals surface area contributed by atoms with Gasteiger partial charge in [0, 0.05) is 6.61 Å². The zero-order valence-electron chi connectivity index (χ0n) is 11.1. The Morgan fingerprint density at radius 3 is 1.56 bits per heavy atom. The molecule has 0 aromatic carbocycles. The van der Waals surface area contributed by atoms with Gasteiger partial charge in [-0.05, 0) is 27.7 Å². The second kappa shape index (κ2) is 10.0. The van der Waals surface area contributed by atoms with E-state index in [0.717, 1.165) is 6.61 Å². The Kier molecular flexibility index (Phi) is 9.92. The van der Waals surface area contributed by atoms with E-state index in [9.17, 15) is 0 Å². The van der Waals surface area contributed by atoms with E-state index < -0.39 is 0 Å². The summed E-state index contributed by atoms with van der Waals surface area (Å²) in [7, 11) is 0. The summed E-state index contributed by atoms with van der Waals surface area (Å²) >= 11 is 0. The van der Waals surface area contributed by atoms with Gasteiger partial charge in [0.05, 0.1) is 45.2 Å². The van der Waals surface area contributed by atoms with Crippen LogP contribution in [-0.4, -0.2) is 51.8 Å². The first-order valence-electron chi connectivity index (χ1n) is 5.93. The summed E-state index contributed by atoms with van der Waals surface area (Å²) in [4.78, 5) is 0. The average molecular weight is 234 g/mol. The van der Waals surface area contributed by atoms with Gasteiger partial charge in [-0.3, -0.25) is 0 Å². The Hall–Kier alpha value is -0.160. The van der Waals surface area contributed by atoms with Crippen molar-refractivity contribution < 1.29 is 18.9 Å². The molecule has 4 nitrogen and oxygen atoms in total. The molecule has 0 fully saturated rings. The molecule has 0 rings (SSSR count). The molecule has 4 heteroatoms. The summed E-state index contributed by atoms with van der Waals surface area (Å²) in [5.74, 6) is 0. The van der Waals surface area contributed by atoms with Crippen molar-refractivity contribution in [2.75, 3.05) is 46.2 Å². The largest absolute Gasteiger partial charge is 0.379 e. The third kappa shape index (κ3) is 13.8. The van der Waals surface area contributed by atoms with Gasteiger partial charge in [-0.15, -0.1) is 0 Å². The van der Waals surface area contributed by atoms with Crippen LogP contribution in [0.1, 0.15) is 27.7 Å². The second-order valence-corrected chi connectivity index (χ2v) is 4.38. The molecular formula is C12H26O4. The number of hydrogen-bond donors (Lipinski definition) is 0. The Bertz CT molecular complexity index is 142. The van der Waals surface area contributed by atoms with E-state index in [0.29, 0.717) is 39.6 Å². The topological polar surface area (TPSA) is 36.9 Å². The molecule has 0 spiro atoms. The number of hydrogen-bond acceptors (Lipinski definition) is 4. The first kappa shape index (κ1) is 15.8.